The number of benzene rings is 3. The molecule has 180 valence electrons. The van der Waals surface area contributed by atoms with Gasteiger partial charge in [0.2, 0.25) is 0 Å². The first-order valence-corrected chi connectivity index (χ1v) is 10.1. The Balaban J connectivity index is 0.00000432. The lowest BCUT2D eigenvalue weighted by Crippen LogP contribution is -2.52. The first-order chi connectivity index (χ1) is 16.4. The average Bonchev–Trinajstić information content (AvgIpc) is 2.87. The van der Waals surface area contributed by atoms with Crippen LogP contribution in [0.4, 0.5) is 0 Å². The molecule has 0 spiro atoms. The zero-order valence-electron chi connectivity index (χ0n) is 17.8. The highest BCUT2D eigenvalue weighted by Gasteiger charge is 2.22. The standard InChI is InChI=1S/C25H21N3O6.CH4/c29-21-13-12-19(14-22(21)30)23(31)26-15-20(25(33)28-34)27-24(32)18-10-8-17(9-11-18)7-6-16-4-2-1-3-5-16;/h1-5,8-14,20,29-30,34H,15H2,(H,26,31)(H,27,32)(H,28,33);1H4/t20-;/m0./s1. The molecule has 0 heterocycles. The van der Waals surface area contributed by atoms with Crippen LogP contribution in [0.15, 0.2) is 72.8 Å². The van der Waals surface area contributed by atoms with E-state index in [0.29, 0.717) is 5.56 Å². The first-order valence-electron chi connectivity index (χ1n) is 10.1. The van der Waals surface area contributed by atoms with E-state index >= 15 is 0 Å². The topological polar surface area (TPSA) is 148 Å². The van der Waals surface area contributed by atoms with E-state index in [2.05, 4.69) is 22.5 Å². The lowest BCUT2D eigenvalue weighted by Gasteiger charge is -2.17. The Hall–Kier alpha value is -4.81. The van der Waals surface area contributed by atoms with Gasteiger partial charge in [-0.05, 0) is 54.6 Å². The zero-order valence-corrected chi connectivity index (χ0v) is 17.8. The summed E-state index contributed by atoms with van der Waals surface area (Å²) in [4.78, 5) is 36.8. The molecule has 6 N–H and O–H groups in total. The molecule has 9 heteroatoms. The van der Waals surface area contributed by atoms with Gasteiger partial charge in [-0.1, -0.05) is 37.5 Å². The van der Waals surface area contributed by atoms with Crippen molar-refractivity contribution < 1.29 is 29.8 Å². The Morgan fingerprint density at radius 2 is 1.37 bits per heavy atom. The number of aromatic hydroxyl groups is 2. The van der Waals surface area contributed by atoms with Crippen LogP contribution in [0.1, 0.15) is 39.3 Å². The lowest BCUT2D eigenvalue weighted by molar-refractivity contribution is -0.131. The maximum absolute atomic E-state index is 12.6. The summed E-state index contributed by atoms with van der Waals surface area (Å²) in [5.41, 5.74) is 3.26. The van der Waals surface area contributed by atoms with E-state index in [0.717, 1.165) is 17.7 Å². The summed E-state index contributed by atoms with van der Waals surface area (Å²) < 4.78 is 0. The van der Waals surface area contributed by atoms with Gasteiger partial charge in [-0.25, -0.2) is 5.48 Å². The molecule has 0 aliphatic rings. The van der Waals surface area contributed by atoms with Crippen LogP contribution in [0.25, 0.3) is 0 Å². The SMILES string of the molecule is C.O=C(NC[C@H](NC(=O)c1ccc(C#Cc2ccccc2)cc1)C(=O)NO)c1ccc(O)c(O)c1. The van der Waals surface area contributed by atoms with Gasteiger partial charge < -0.3 is 20.8 Å². The molecule has 0 unspecified atom stereocenters. The van der Waals surface area contributed by atoms with Crippen LogP contribution in [0.3, 0.4) is 0 Å². The van der Waals surface area contributed by atoms with Gasteiger partial charge >= 0.3 is 0 Å². The van der Waals surface area contributed by atoms with Gasteiger partial charge in [-0.3, -0.25) is 19.6 Å². The molecular formula is C26H25N3O6. The number of rotatable bonds is 6. The second-order valence-electron chi connectivity index (χ2n) is 7.11. The third-order valence-corrected chi connectivity index (χ3v) is 4.71. The molecule has 0 aromatic heterocycles. The van der Waals surface area contributed by atoms with Crippen LogP contribution in [-0.4, -0.2) is 45.7 Å². The Bertz CT molecular complexity index is 1250. The number of nitrogens with one attached hydrogen (secondary N) is 3. The van der Waals surface area contributed by atoms with Crippen LogP contribution >= 0.6 is 0 Å². The summed E-state index contributed by atoms with van der Waals surface area (Å²) in [5, 5.41) is 32.7. The van der Waals surface area contributed by atoms with E-state index in [4.69, 9.17) is 5.21 Å². The van der Waals surface area contributed by atoms with Crippen molar-refractivity contribution in [3.63, 3.8) is 0 Å². The summed E-state index contributed by atoms with van der Waals surface area (Å²) >= 11 is 0. The smallest absolute Gasteiger partial charge is 0.267 e. The van der Waals surface area contributed by atoms with Crippen molar-refractivity contribution in [3.8, 4) is 23.3 Å². The molecular weight excluding hydrogens is 450 g/mol. The molecule has 3 aromatic carbocycles. The average molecular weight is 476 g/mol. The Kier molecular flexibility index (Phi) is 9.39. The van der Waals surface area contributed by atoms with Crippen molar-refractivity contribution in [1.29, 1.82) is 0 Å². The highest BCUT2D eigenvalue weighted by molar-refractivity contribution is 5.98. The number of hydrogen-bond donors (Lipinski definition) is 6. The molecule has 0 aliphatic heterocycles. The van der Waals surface area contributed by atoms with E-state index in [1.165, 1.54) is 23.7 Å². The number of hydroxylamine groups is 1. The van der Waals surface area contributed by atoms with Crippen molar-refractivity contribution >= 4 is 17.7 Å². The maximum Gasteiger partial charge on any atom is 0.267 e. The summed E-state index contributed by atoms with van der Waals surface area (Å²) in [6.45, 7) is -0.348. The van der Waals surface area contributed by atoms with E-state index < -0.39 is 35.3 Å². The van der Waals surface area contributed by atoms with Crippen molar-refractivity contribution in [2.24, 2.45) is 0 Å². The monoisotopic (exact) mass is 475 g/mol. The van der Waals surface area contributed by atoms with E-state index in [1.54, 1.807) is 12.1 Å². The van der Waals surface area contributed by atoms with Crippen LogP contribution in [0.5, 0.6) is 11.5 Å². The van der Waals surface area contributed by atoms with Gasteiger partial charge in [0.1, 0.15) is 6.04 Å². The molecule has 1 atom stereocenters. The predicted molar refractivity (Wildman–Crippen MR) is 129 cm³/mol. The number of carbonyl (C=O) groups excluding carboxylic acids is 3. The second kappa shape index (κ2) is 12.4. The van der Waals surface area contributed by atoms with Crippen LogP contribution < -0.4 is 16.1 Å². The predicted octanol–water partition coefficient (Wildman–Crippen LogP) is 2.17. The van der Waals surface area contributed by atoms with Crippen molar-refractivity contribution in [2.45, 2.75) is 13.5 Å². The largest absolute Gasteiger partial charge is 0.504 e. The molecule has 3 aromatic rings. The molecule has 35 heavy (non-hydrogen) atoms. The number of carbonyl (C=O) groups is 3. The zero-order chi connectivity index (χ0) is 24.5. The quantitative estimate of drug-likeness (QED) is 0.139. The van der Waals surface area contributed by atoms with Gasteiger partial charge in [-0.2, -0.15) is 0 Å². The van der Waals surface area contributed by atoms with Crippen molar-refractivity contribution in [2.75, 3.05) is 6.54 Å². The van der Waals surface area contributed by atoms with Gasteiger partial charge in [-0.15, -0.1) is 0 Å². The molecule has 0 radical (unpaired) electrons. The van der Waals surface area contributed by atoms with E-state index in [-0.39, 0.29) is 25.1 Å². The maximum atomic E-state index is 12.6. The Labute approximate surface area is 202 Å². The molecule has 0 saturated carbocycles. The number of hydrogen-bond acceptors (Lipinski definition) is 6. The fourth-order valence-electron chi connectivity index (χ4n) is 2.86. The molecule has 0 saturated heterocycles. The van der Waals surface area contributed by atoms with E-state index in [9.17, 15) is 24.6 Å². The molecule has 3 amide bonds. The summed E-state index contributed by atoms with van der Waals surface area (Å²) in [6.07, 6.45) is 0. The van der Waals surface area contributed by atoms with Crippen LogP contribution in [0, 0.1) is 11.8 Å². The summed E-state index contributed by atoms with van der Waals surface area (Å²) in [7, 11) is 0. The molecule has 0 bridgehead atoms. The molecule has 9 nitrogen and oxygen atoms in total. The lowest BCUT2D eigenvalue weighted by atomic mass is 10.1. The number of amides is 3. The molecule has 0 aliphatic carbocycles. The highest BCUT2D eigenvalue weighted by atomic mass is 16.5. The summed E-state index contributed by atoms with van der Waals surface area (Å²) in [5.74, 6) is 2.92. The third-order valence-electron chi connectivity index (χ3n) is 4.71. The minimum absolute atomic E-state index is 0. The van der Waals surface area contributed by atoms with Gasteiger partial charge in [0.25, 0.3) is 17.7 Å². The van der Waals surface area contributed by atoms with Gasteiger partial charge in [0.15, 0.2) is 11.5 Å². The Morgan fingerprint density at radius 1 is 0.771 bits per heavy atom. The van der Waals surface area contributed by atoms with E-state index in [1.807, 2.05) is 30.3 Å². The molecule has 0 fully saturated rings. The minimum Gasteiger partial charge on any atom is -0.504 e. The number of phenolic OH excluding ortho intramolecular Hbond substituents is 2. The van der Waals surface area contributed by atoms with Crippen molar-refractivity contribution in [3.05, 3.63) is 95.1 Å². The van der Waals surface area contributed by atoms with Gasteiger partial charge in [0, 0.05) is 28.8 Å². The first kappa shape index (κ1) is 26.4. The minimum atomic E-state index is -1.29. The van der Waals surface area contributed by atoms with Gasteiger partial charge in [0.05, 0.1) is 0 Å². The number of phenols is 2. The van der Waals surface area contributed by atoms with Crippen LogP contribution in [-0.2, 0) is 4.79 Å². The molecule has 3 rings (SSSR count). The normalized spacial score (nSPS) is 10.5. The van der Waals surface area contributed by atoms with Crippen LogP contribution in [0.2, 0.25) is 0 Å². The fraction of sp³-hybridized carbons (Fsp3) is 0.115. The second-order valence-corrected chi connectivity index (χ2v) is 7.11. The van der Waals surface area contributed by atoms with Crippen molar-refractivity contribution in [1.82, 2.24) is 16.1 Å². The third kappa shape index (κ3) is 7.35. The fourth-order valence-corrected chi connectivity index (χ4v) is 2.86. The Morgan fingerprint density at radius 3 is 1.97 bits per heavy atom. The summed E-state index contributed by atoms with van der Waals surface area (Å²) in [6, 6.07) is 18.0. The highest BCUT2D eigenvalue weighted by Crippen LogP contribution is 2.24.